The van der Waals surface area contributed by atoms with E-state index in [0.29, 0.717) is 31.2 Å². The molecule has 9 heteroatoms. The quantitative estimate of drug-likeness (QED) is 0.503. The molecule has 0 atom stereocenters. The summed E-state index contributed by atoms with van der Waals surface area (Å²) in [5.41, 5.74) is 6.42. The molecule has 1 aliphatic rings. The van der Waals surface area contributed by atoms with Gasteiger partial charge in [-0.1, -0.05) is 18.2 Å². The lowest BCUT2D eigenvalue weighted by molar-refractivity contribution is -0.120. The van der Waals surface area contributed by atoms with Gasteiger partial charge in [0.1, 0.15) is 12.1 Å². The normalized spacial score (nSPS) is 13.9. The zero-order valence-corrected chi connectivity index (χ0v) is 18.0. The van der Waals surface area contributed by atoms with E-state index in [4.69, 9.17) is 0 Å². The second-order valence-corrected chi connectivity index (χ2v) is 7.96. The maximum atomic E-state index is 11.6. The molecule has 3 aromatic heterocycles. The van der Waals surface area contributed by atoms with Crippen LogP contribution in [0, 0.1) is 13.8 Å². The van der Waals surface area contributed by atoms with Crippen LogP contribution in [0.4, 0.5) is 11.8 Å². The highest BCUT2D eigenvalue weighted by molar-refractivity contribution is 5.82. The van der Waals surface area contributed by atoms with E-state index >= 15 is 0 Å². The smallest absolute Gasteiger partial charge is 0.239 e. The van der Waals surface area contributed by atoms with Crippen molar-refractivity contribution in [1.82, 2.24) is 29.9 Å². The summed E-state index contributed by atoms with van der Waals surface area (Å²) in [6.07, 6.45) is 3.54. The van der Waals surface area contributed by atoms with Crippen LogP contribution in [0.15, 0.2) is 48.9 Å². The van der Waals surface area contributed by atoms with Crippen LogP contribution in [-0.4, -0.2) is 50.1 Å². The summed E-state index contributed by atoms with van der Waals surface area (Å²) in [6.45, 7) is 6.38. The highest BCUT2D eigenvalue weighted by Gasteiger charge is 2.18. The zero-order valence-electron chi connectivity index (χ0n) is 18.0. The first-order valence-electron chi connectivity index (χ1n) is 10.6. The molecule has 9 nitrogen and oxygen atoms in total. The number of carbonyl (C=O) groups is 1. The molecule has 162 valence electrons. The Morgan fingerprint density at radius 3 is 2.81 bits per heavy atom. The van der Waals surface area contributed by atoms with Gasteiger partial charge in [0, 0.05) is 37.6 Å². The van der Waals surface area contributed by atoms with Crippen molar-refractivity contribution in [2.75, 3.05) is 29.9 Å². The van der Waals surface area contributed by atoms with Gasteiger partial charge in [-0.15, -0.1) is 10.2 Å². The summed E-state index contributed by atoms with van der Waals surface area (Å²) in [5, 5.41) is 14.7. The Bertz CT molecular complexity index is 1300. The van der Waals surface area contributed by atoms with Crippen LogP contribution < -0.4 is 15.5 Å². The number of hydrogen-bond acceptors (Lipinski definition) is 7. The van der Waals surface area contributed by atoms with Gasteiger partial charge in [0.15, 0.2) is 5.65 Å². The Balaban J connectivity index is 1.31. The average molecular weight is 429 g/mol. The standard InChI is InChI=1S/C23H24N8O/c1-15-9-17(3-4-19(15)18-5-6-24-16(2)10-18)12-26-23-29-28-21-11-20(27-14-31(21)23)30-8-7-25-22(32)13-30/h3-6,9-11,14H,7-8,12-13H2,1-2H3,(H,25,32)(H,26,29). The topological polar surface area (TPSA) is 100 Å². The molecule has 0 bridgehead atoms. The lowest BCUT2D eigenvalue weighted by Crippen LogP contribution is -2.48. The summed E-state index contributed by atoms with van der Waals surface area (Å²) < 4.78 is 1.81. The molecule has 0 radical (unpaired) electrons. The van der Waals surface area contributed by atoms with Crippen LogP contribution in [0.1, 0.15) is 16.8 Å². The molecule has 1 aromatic carbocycles. The highest BCUT2D eigenvalue weighted by Crippen LogP contribution is 2.25. The van der Waals surface area contributed by atoms with Crippen molar-refractivity contribution in [2.45, 2.75) is 20.4 Å². The first-order valence-corrected chi connectivity index (χ1v) is 10.6. The molecule has 4 aromatic rings. The van der Waals surface area contributed by atoms with Gasteiger partial charge in [-0.25, -0.2) is 4.98 Å². The van der Waals surface area contributed by atoms with E-state index in [9.17, 15) is 4.79 Å². The van der Waals surface area contributed by atoms with Crippen LogP contribution >= 0.6 is 0 Å². The SMILES string of the molecule is Cc1cc(-c2ccc(CNc3nnc4cc(N5CCNC(=O)C5)ncn34)cc2C)ccn1. The molecule has 0 aliphatic carbocycles. The van der Waals surface area contributed by atoms with Gasteiger partial charge in [-0.3, -0.25) is 14.2 Å². The number of aryl methyl sites for hydroxylation is 2. The summed E-state index contributed by atoms with van der Waals surface area (Å²) >= 11 is 0. The Labute approximate surface area is 185 Å². The van der Waals surface area contributed by atoms with E-state index in [1.54, 1.807) is 6.33 Å². The van der Waals surface area contributed by atoms with Gasteiger partial charge < -0.3 is 15.5 Å². The third-order valence-electron chi connectivity index (χ3n) is 5.60. The Hall–Kier alpha value is -4.01. The fourth-order valence-electron chi connectivity index (χ4n) is 3.97. The van der Waals surface area contributed by atoms with E-state index in [0.717, 1.165) is 23.6 Å². The molecule has 0 spiro atoms. The van der Waals surface area contributed by atoms with E-state index in [2.05, 4.69) is 62.0 Å². The molecular weight excluding hydrogens is 404 g/mol. The van der Waals surface area contributed by atoms with E-state index in [1.165, 1.54) is 16.7 Å². The van der Waals surface area contributed by atoms with Gasteiger partial charge in [-0.2, -0.15) is 0 Å². The van der Waals surface area contributed by atoms with Crippen LogP contribution in [-0.2, 0) is 11.3 Å². The minimum atomic E-state index is 0.00197. The van der Waals surface area contributed by atoms with Gasteiger partial charge in [0.05, 0.1) is 6.54 Å². The van der Waals surface area contributed by atoms with Gasteiger partial charge in [-0.05, 0) is 48.2 Å². The molecule has 4 heterocycles. The maximum absolute atomic E-state index is 11.6. The van der Waals surface area contributed by atoms with Crippen molar-refractivity contribution in [3.8, 4) is 11.1 Å². The number of pyridine rings is 1. The Kier molecular flexibility index (Phi) is 5.14. The van der Waals surface area contributed by atoms with Crippen molar-refractivity contribution < 1.29 is 4.79 Å². The van der Waals surface area contributed by atoms with E-state index < -0.39 is 0 Å². The van der Waals surface area contributed by atoms with E-state index in [-0.39, 0.29) is 5.91 Å². The fourth-order valence-corrected chi connectivity index (χ4v) is 3.97. The molecular formula is C23H24N8O. The third kappa shape index (κ3) is 3.96. The predicted octanol–water partition coefficient (Wildman–Crippen LogP) is 2.35. The number of piperazine rings is 1. The number of nitrogens with one attached hydrogen (secondary N) is 2. The van der Waals surface area contributed by atoms with Crippen molar-refractivity contribution in [3.63, 3.8) is 0 Å². The number of aromatic nitrogens is 5. The second kappa shape index (κ2) is 8.26. The van der Waals surface area contributed by atoms with Gasteiger partial charge in [0.2, 0.25) is 11.9 Å². The zero-order chi connectivity index (χ0) is 22.1. The van der Waals surface area contributed by atoms with Crippen molar-refractivity contribution >= 4 is 23.3 Å². The monoisotopic (exact) mass is 428 g/mol. The van der Waals surface area contributed by atoms with Crippen LogP contribution in [0.3, 0.4) is 0 Å². The van der Waals surface area contributed by atoms with Crippen LogP contribution in [0.25, 0.3) is 16.8 Å². The fraction of sp³-hybridized carbons (Fsp3) is 0.261. The Morgan fingerprint density at radius 2 is 2.00 bits per heavy atom. The molecule has 1 aliphatic heterocycles. The minimum Gasteiger partial charge on any atom is -0.353 e. The second-order valence-electron chi connectivity index (χ2n) is 7.96. The molecule has 1 saturated heterocycles. The number of fused-ring (bicyclic) bond motifs is 1. The van der Waals surface area contributed by atoms with Crippen LogP contribution in [0.5, 0.6) is 0 Å². The van der Waals surface area contributed by atoms with E-state index in [1.807, 2.05) is 34.6 Å². The number of hydrogen-bond donors (Lipinski definition) is 2. The molecule has 2 N–H and O–H groups in total. The van der Waals surface area contributed by atoms with Gasteiger partial charge in [0.25, 0.3) is 0 Å². The van der Waals surface area contributed by atoms with Crippen molar-refractivity contribution in [1.29, 1.82) is 0 Å². The highest BCUT2D eigenvalue weighted by atomic mass is 16.2. The molecule has 1 fully saturated rings. The number of amides is 1. The molecule has 1 amide bonds. The van der Waals surface area contributed by atoms with Crippen molar-refractivity contribution in [2.24, 2.45) is 0 Å². The summed E-state index contributed by atoms with van der Waals surface area (Å²) in [4.78, 5) is 22.4. The van der Waals surface area contributed by atoms with Gasteiger partial charge >= 0.3 is 0 Å². The first-order chi connectivity index (χ1) is 15.6. The van der Waals surface area contributed by atoms with Crippen molar-refractivity contribution in [3.05, 3.63) is 65.7 Å². The third-order valence-corrected chi connectivity index (χ3v) is 5.60. The lowest BCUT2D eigenvalue weighted by Gasteiger charge is -2.27. The number of nitrogens with zero attached hydrogens (tertiary/aromatic N) is 6. The number of carbonyl (C=O) groups excluding carboxylic acids is 1. The first kappa shape index (κ1) is 19.9. The minimum absolute atomic E-state index is 0.00197. The molecule has 32 heavy (non-hydrogen) atoms. The summed E-state index contributed by atoms with van der Waals surface area (Å²) in [7, 11) is 0. The summed E-state index contributed by atoms with van der Waals surface area (Å²) in [6, 6.07) is 12.4. The average Bonchev–Trinajstić information content (AvgIpc) is 3.20. The lowest BCUT2D eigenvalue weighted by atomic mass is 9.98. The molecule has 0 saturated carbocycles. The van der Waals surface area contributed by atoms with Crippen LogP contribution in [0.2, 0.25) is 0 Å². The number of benzene rings is 1. The molecule has 0 unspecified atom stereocenters. The number of rotatable bonds is 5. The molecule has 5 rings (SSSR count). The largest absolute Gasteiger partial charge is 0.353 e. The maximum Gasteiger partial charge on any atom is 0.239 e. The number of anilines is 2. The summed E-state index contributed by atoms with van der Waals surface area (Å²) in [5.74, 6) is 1.35. The Morgan fingerprint density at radius 1 is 1.09 bits per heavy atom. The predicted molar refractivity (Wildman–Crippen MR) is 122 cm³/mol.